The molecule has 0 aromatic carbocycles. The molecular weight excluding hydrogens is 180 g/mol. The van der Waals surface area contributed by atoms with Gasteiger partial charge in [-0.1, -0.05) is 0 Å². The molecule has 0 saturated carbocycles. The number of carbonyl (C=O) groups excluding carboxylic acids is 1. The molecule has 4 heteroatoms. The van der Waals surface area contributed by atoms with E-state index in [2.05, 4.69) is 5.32 Å². The van der Waals surface area contributed by atoms with Crippen LogP contribution < -0.4 is 5.32 Å². The highest BCUT2D eigenvalue weighted by Gasteiger charge is 2.21. The van der Waals surface area contributed by atoms with Crippen molar-refractivity contribution in [2.24, 2.45) is 0 Å². The van der Waals surface area contributed by atoms with Crippen molar-refractivity contribution in [1.82, 2.24) is 5.32 Å². The lowest BCUT2D eigenvalue weighted by molar-refractivity contribution is 0.0899. The van der Waals surface area contributed by atoms with E-state index in [-0.39, 0.29) is 11.7 Å². The number of amides is 1. The number of nitriles is 1. The van der Waals surface area contributed by atoms with Gasteiger partial charge < -0.3 is 9.73 Å². The fourth-order valence-electron chi connectivity index (χ4n) is 0.930. The molecule has 0 bridgehead atoms. The summed E-state index contributed by atoms with van der Waals surface area (Å²) in [5.41, 5.74) is -0.877. The van der Waals surface area contributed by atoms with Crippen molar-refractivity contribution < 1.29 is 9.21 Å². The Balaban J connectivity index is 2.74. The highest BCUT2D eigenvalue weighted by molar-refractivity contribution is 5.92. The van der Waals surface area contributed by atoms with E-state index in [1.54, 1.807) is 32.9 Å². The smallest absolute Gasteiger partial charge is 0.288 e. The van der Waals surface area contributed by atoms with Crippen LogP contribution in [0.2, 0.25) is 0 Å². The second-order valence-electron chi connectivity index (χ2n) is 3.60. The second-order valence-corrected chi connectivity index (χ2v) is 3.60. The van der Waals surface area contributed by atoms with Gasteiger partial charge in [-0.25, -0.2) is 0 Å². The fraction of sp³-hybridized carbons (Fsp3) is 0.400. The molecule has 0 unspecified atom stereocenters. The molecule has 0 aliphatic rings. The third-order valence-electron chi connectivity index (χ3n) is 1.67. The molecule has 0 saturated heterocycles. The highest BCUT2D eigenvalue weighted by atomic mass is 16.3. The van der Waals surface area contributed by atoms with Gasteiger partial charge in [0.2, 0.25) is 0 Å². The summed E-state index contributed by atoms with van der Waals surface area (Å²) in [6.07, 6.45) is 0. The summed E-state index contributed by atoms with van der Waals surface area (Å²) >= 11 is 0. The molecule has 1 heterocycles. The molecule has 0 atom stereocenters. The van der Waals surface area contributed by atoms with Crippen LogP contribution in [0.4, 0.5) is 0 Å². The van der Waals surface area contributed by atoms with Gasteiger partial charge in [0.25, 0.3) is 5.91 Å². The third kappa shape index (κ3) is 2.36. The van der Waals surface area contributed by atoms with Crippen LogP contribution in [0.25, 0.3) is 0 Å². The summed E-state index contributed by atoms with van der Waals surface area (Å²) < 4.78 is 5.11. The van der Waals surface area contributed by atoms with Gasteiger partial charge in [-0.15, -0.1) is 0 Å². The van der Waals surface area contributed by atoms with Crippen LogP contribution in [0.1, 0.15) is 30.2 Å². The van der Waals surface area contributed by atoms with E-state index in [0.29, 0.717) is 5.76 Å². The van der Waals surface area contributed by atoms with Crippen molar-refractivity contribution in [2.75, 3.05) is 0 Å². The Morgan fingerprint density at radius 3 is 2.64 bits per heavy atom. The van der Waals surface area contributed by atoms with Crippen molar-refractivity contribution in [3.63, 3.8) is 0 Å². The zero-order valence-electron chi connectivity index (χ0n) is 8.42. The summed E-state index contributed by atoms with van der Waals surface area (Å²) in [5.74, 6) is 0.528. The van der Waals surface area contributed by atoms with Crippen LogP contribution in [-0.2, 0) is 0 Å². The molecule has 1 aromatic rings. The summed E-state index contributed by atoms with van der Waals surface area (Å²) in [4.78, 5) is 11.5. The van der Waals surface area contributed by atoms with Gasteiger partial charge in [-0.3, -0.25) is 4.79 Å². The quantitative estimate of drug-likeness (QED) is 0.774. The van der Waals surface area contributed by atoms with Gasteiger partial charge in [0, 0.05) is 0 Å². The minimum Gasteiger partial charge on any atom is -0.456 e. The first-order chi connectivity index (χ1) is 6.44. The lowest BCUT2D eigenvalue weighted by Gasteiger charge is -2.15. The highest BCUT2D eigenvalue weighted by Crippen LogP contribution is 2.08. The third-order valence-corrected chi connectivity index (χ3v) is 1.67. The fourth-order valence-corrected chi connectivity index (χ4v) is 0.930. The molecule has 4 nitrogen and oxygen atoms in total. The summed E-state index contributed by atoms with van der Waals surface area (Å²) in [6, 6.07) is 5.26. The predicted molar refractivity (Wildman–Crippen MR) is 50.6 cm³/mol. The van der Waals surface area contributed by atoms with Crippen molar-refractivity contribution in [1.29, 1.82) is 5.26 Å². The van der Waals surface area contributed by atoms with Gasteiger partial charge in [-0.05, 0) is 32.9 Å². The average molecular weight is 192 g/mol. The summed E-state index contributed by atoms with van der Waals surface area (Å²) in [5, 5.41) is 11.2. The Morgan fingerprint density at radius 2 is 2.21 bits per heavy atom. The number of aryl methyl sites for hydroxylation is 1. The van der Waals surface area contributed by atoms with Crippen LogP contribution in [-0.4, -0.2) is 11.4 Å². The van der Waals surface area contributed by atoms with Gasteiger partial charge in [0.1, 0.15) is 11.3 Å². The SMILES string of the molecule is Cc1ccc(C(=O)NC(C)(C)C#N)o1. The standard InChI is InChI=1S/C10H12N2O2/c1-7-4-5-8(14-7)9(13)12-10(2,3)6-11/h4-5H,1-3H3,(H,12,13). The Hall–Kier alpha value is -1.76. The van der Waals surface area contributed by atoms with Crippen LogP contribution in [0, 0.1) is 18.3 Å². The number of nitrogens with one attached hydrogen (secondary N) is 1. The normalized spacial score (nSPS) is 10.7. The molecule has 14 heavy (non-hydrogen) atoms. The van der Waals surface area contributed by atoms with Crippen molar-refractivity contribution in [2.45, 2.75) is 26.3 Å². The molecule has 74 valence electrons. The van der Waals surface area contributed by atoms with E-state index < -0.39 is 5.54 Å². The van der Waals surface area contributed by atoms with Crippen molar-refractivity contribution in [3.8, 4) is 6.07 Å². The maximum atomic E-state index is 11.5. The van der Waals surface area contributed by atoms with Gasteiger partial charge in [0.05, 0.1) is 6.07 Å². The second kappa shape index (κ2) is 3.54. The van der Waals surface area contributed by atoms with E-state index in [0.717, 1.165) is 0 Å². The first kappa shape index (κ1) is 10.3. The molecule has 0 radical (unpaired) electrons. The lowest BCUT2D eigenvalue weighted by atomic mass is 10.1. The van der Waals surface area contributed by atoms with Crippen LogP contribution >= 0.6 is 0 Å². The number of rotatable bonds is 2. The Kier molecular flexibility index (Phi) is 2.61. The average Bonchev–Trinajstić information content (AvgIpc) is 2.51. The number of furan rings is 1. The zero-order valence-corrected chi connectivity index (χ0v) is 8.42. The van der Waals surface area contributed by atoms with Crippen molar-refractivity contribution in [3.05, 3.63) is 23.7 Å². The largest absolute Gasteiger partial charge is 0.456 e. The molecule has 1 aromatic heterocycles. The molecular formula is C10H12N2O2. The van der Waals surface area contributed by atoms with E-state index in [4.69, 9.17) is 9.68 Å². The first-order valence-corrected chi connectivity index (χ1v) is 4.25. The Labute approximate surface area is 82.5 Å². The number of hydrogen-bond donors (Lipinski definition) is 1. The van der Waals surface area contributed by atoms with E-state index in [1.807, 2.05) is 6.07 Å². The lowest BCUT2D eigenvalue weighted by Crippen LogP contribution is -2.41. The molecule has 0 aliphatic heterocycles. The van der Waals surface area contributed by atoms with Crippen LogP contribution in [0.5, 0.6) is 0 Å². The predicted octanol–water partition coefficient (Wildman–Crippen LogP) is 1.62. The Morgan fingerprint density at radius 1 is 1.57 bits per heavy atom. The number of carbonyl (C=O) groups is 1. The molecule has 0 spiro atoms. The Bertz CT molecular complexity index is 385. The molecule has 1 amide bonds. The van der Waals surface area contributed by atoms with Crippen LogP contribution in [0.15, 0.2) is 16.5 Å². The molecule has 0 fully saturated rings. The monoisotopic (exact) mass is 192 g/mol. The zero-order chi connectivity index (χ0) is 10.8. The maximum Gasteiger partial charge on any atom is 0.288 e. The molecule has 0 aliphatic carbocycles. The van der Waals surface area contributed by atoms with E-state index in [1.165, 1.54) is 0 Å². The van der Waals surface area contributed by atoms with Gasteiger partial charge >= 0.3 is 0 Å². The minimum atomic E-state index is -0.877. The molecule has 1 rings (SSSR count). The first-order valence-electron chi connectivity index (χ1n) is 4.25. The maximum absolute atomic E-state index is 11.5. The van der Waals surface area contributed by atoms with E-state index in [9.17, 15) is 4.79 Å². The number of hydrogen-bond acceptors (Lipinski definition) is 3. The molecule has 1 N–H and O–H groups in total. The summed E-state index contributed by atoms with van der Waals surface area (Å²) in [7, 11) is 0. The van der Waals surface area contributed by atoms with Gasteiger partial charge in [0.15, 0.2) is 5.76 Å². The minimum absolute atomic E-state index is 0.228. The van der Waals surface area contributed by atoms with Crippen LogP contribution in [0.3, 0.4) is 0 Å². The van der Waals surface area contributed by atoms with Gasteiger partial charge in [-0.2, -0.15) is 5.26 Å². The summed E-state index contributed by atoms with van der Waals surface area (Å²) in [6.45, 7) is 5.01. The van der Waals surface area contributed by atoms with Crippen molar-refractivity contribution >= 4 is 5.91 Å². The number of nitrogens with zero attached hydrogens (tertiary/aromatic N) is 1. The topological polar surface area (TPSA) is 66.0 Å². The van der Waals surface area contributed by atoms with E-state index >= 15 is 0 Å².